The van der Waals surface area contributed by atoms with Crippen molar-refractivity contribution in [3.05, 3.63) is 55.4 Å². The number of hydrogen-bond acceptors (Lipinski definition) is 6. The topological polar surface area (TPSA) is 116 Å². The van der Waals surface area contributed by atoms with Gasteiger partial charge in [-0.3, -0.25) is 24.9 Å². The molecule has 1 heterocycles. The van der Waals surface area contributed by atoms with Gasteiger partial charge in [0.15, 0.2) is 0 Å². The molecule has 24 heavy (non-hydrogen) atoms. The van der Waals surface area contributed by atoms with E-state index in [1.54, 1.807) is 4.68 Å². The van der Waals surface area contributed by atoms with E-state index < -0.39 is 9.85 Å². The summed E-state index contributed by atoms with van der Waals surface area (Å²) in [6.45, 7) is 5.78. The summed E-state index contributed by atoms with van der Waals surface area (Å²) >= 11 is 0. The predicted molar refractivity (Wildman–Crippen MR) is 89.1 cm³/mol. The van der Waals surface area contributed by atoms with Crippen molar-refractivity contribution in [2.24, 2.45) is 7.05 Å². The van der Waals surface area contributed by atoms with Crippen LogP contribution >= 0.6 is 0 Å². The van der Waals surface area contributed by atoms with E-state index in [0.717, 1.165) is 23.0 Å². The van der Waals surface area contributed by atoms with Gasteiger partial charge in [0.1, 0.15) is 5.69 Å². The van der Waals surface area contributed by atoms with Crippen LogP contribution < -0.4 is 5.32 Å². The molecular weight excluding hydrogens is 314 g/mol. The lowest BCUT2D eigenvalue weighted by Crippen LogP contribution is -2.13. The zero-order valence-corrected chi connectivity index (χ0v) is 13.9. The van der Waals surface area contributed by atoms with Gasteiger partial charge in [-0.2, -0.15) is 5.10 Å². The van der Waals surface area contributed by atoms with Crippen molar-refractivity contribution in [1.82, 2.24) is 9.78 Å². The van der Waals surface area contributed by atoms with Crippen molar-refractivity contribution in [3.63, 3.8) is 0 Å². The molecule has 0 saturated carbocycles. The summed E-state index contributed by atoms with van der Waals surface area (Å²) in [6.07, 6.45) is 0.682. The molecule has 9 heteroatoms. The summed E-state index contributed by atoms with van der Waals surface area (Å²) < 4.78 is 1.76. The molecule has 2 rings (SSSR count). The van der Waals surface area contributed by atoms with Crippen LogP contribution in [0.1, 0.15) is 36.3 Å². The fraction of sp³-hybridized carbons (Fsp3) is 0.400. The summed E-state index contributed by atoms with van der Waals surface area (Å²) in [7, 11) is 1.84. The highest BCUT2D eigenvalue weighted by atomic mass is 16.6. The Labute approximate surface area is 138 Å². The SMILES string of the molecule is CCC(Nc1ccc([N+](=O)[O-])cc1[N+](=O)[O-])c1c(C)nn(C)c1C. The van der Waals surface area contributed by atoms with Gasteiger partial charge in [0, 0.05) is 24.4 Å². The van der Waals surface area contributed by atoms with Crippen molar-refractivity contribution >= 4 is 17.1 Å². The largest absolute Gasteiger partial charge is 0.373 e. The highest BCUT2D eigenvalue weighted by molar-refractivity contribution is 5.66. The van der Waals surface area contributed by atoms with Gasteiger partial charge in [0.2, 0.25) is 0 Å². The van der Waals surface area contributed by atoms with Crippen molar-refractivity contribution in [1.29, 1.82) is 0 Å². The maximum atomic E-state index is 11.3. The molecule has 0 aliphatic carbocycles. The first kappa shape index (κ1) is 17.4. The van der Waals surface area contributed by atoms with Crippen LogP contribution in [0, 0.1) is 34.1 Å². The average molecular weight is 333 g/mol. The Hall–Kier alpha value is -2.97. The summed E-state index contributed by atoms with van der Waals surface area (Å²) in [5.74, 6) is 0. The second kappa shape index (κ2) is 6.65. The van der Waals surface area contributed by atoms with Crippen LogP contribution in [0.2, 0.25) is 0 Å². The Morgan fingerprint density at radius 3 is 2.38 bits per heavy atom. The molecule has 2 aromatic rings. The van der Waals surface area contributed by atoms with Crippen molar-refractivity contribution < 1.29 is 9.85 Å². The average Bonchev–Trinajstić information content (AvgIpc) is 2.77. The van der Waals surface area contributed by atoms with Gasteiger partial charge in [0.25, 0.3) is 11.4 Å². The fourth-order valence-corrected chi connectivity index (χ4v) is 2.77. The molecule has 0 bridgehead atoms. The highest BCUT2D eigenvalue weighted by Crippen LogP contribution is 2.34. The van der Waals surface area contributed by atoms with Crippen LogP contribution in [0.5, 0.6) is 0 Å². The Kier molecular flexibility index (Phi) is 4.82. The first-order valence-corrected chi connectivity index (χ1v) is 7.45. The number of aryl methyl sites for hydroxylation is 2. The Morgan fingerprint density at radius 1 is 1.25 bits per heavy atom. The van der Waals surface area contributed by atoms with E-state index in [2.05, 4.69) is 10.4 Å². The number of nitrogens with zero attached hydrogens (tertiary/aromatic N) is 4. The Morgan fingerprint density at radius 2 is 1.92 bits per heavy atom. The fourth-order valence-electron chi connectivity index (χ4n) is 2.77. The molecule has 1 atom stereocenters. The zero-order valence-electron chi connectivity index (χ0n) is 13.9. The van der Waals surface area contributed by atoms with Crippen molar-refractivity contribution in [3.8, 4) is 0 Å². The number of benzene rings is 1. The smallest absolute Gasteiger partial charge is 0.299 e. The lowest BCUT2D eigenvalue weighted by Gasteiger charge is -2.19. The van der Waals surface area contributed by atoms with E-state index in [9.17, 15) is 20.2 Å². The van der Waals surface area contributed by atoms with Gasteiger partial charge >= 0.3 is 0 Å². The molecule has 1 aromatic heterocycles. The van der Waals surface area contributed by atoms with Crippen LogP contribution in [0.25, 0.3) is 0 Å². The van der Waals surface area contributed by atoms with Crippen LogP contribution in [-0.4, -0.2) is 19.6 Å². The van der Waals surface area contributed by atoms with E-state index >= 15 is 0 Å². The molecular formula is C15H19N5O4. The number of non-ortho nitro benzene ring substituents is 1. The third-order valence-electron chi connectivity index (χ3n) is 4.04. The third-order valence-corrected chi connectivity index (χ3v) is 4.04. The number of nitro benzene ring substituents is 2. The van der Waals surface area contributed by atoms with Crippen LogP contribution in [0.15, 0.2) is 18.2 Å². The van der Waals surface area contributed by atoms with E-state index in [1.807, 2.05) is 27.8 Å². The van der Waals surface area contributed by atoms with E-state index in [1.165, 1.54) is 12.1 Å². The minimum atomic E-state index is -0.649. The minimum Gasteiger partial charge on any atom is -0.373 e. The zero-order chi connectivity index (χ0) is 18.0. The molecule has 0 saturated heterocycles. The summed E-state index contributed by atoms with van der Waals surface area (Å²) in [5, 5.41) is 29.6. The molecule has 1 N–H and O–H groups in total. The highest BCUT2D eigenvalue weighted by Gasteiger charge is 2.24. The van der Waals surface area contributed by atoms with Crippen molar-refractivity contribution in [2.75, 3.05) is 5.32 Å². The molecule has 1 aromatic carbocycles. The van der Waals surface area contributed by atoms with Crippen LogP contribution in [0.4, 0.5) is 17.1 Å². The third kappa shape index (κ3) is 3.19. The van der Waals surface area contributed by atoms with Gasteiger partial charge in [-0.25, -0.2) is 0 Å². The second-order valence-corrected chi connectivity index (χ2v) is 5.53. The quantitative estimate of drug-likeness (QED) is 0.639. The van der Waals surface area contributed by atoms with Gasteiger partial charge in [-0.1, -0.05) is 6.92 Å². The molecule has 128 valence electrons. The molecule has 0 fully saturated rings. The lowest BCUT2D eigenvalue weighted by atomic mass is 10.0. The predicted octanol–water partition coefficient (Wildman–Crippen LogP) is 3.42. The maximum Gasteiger partial charge on any atom is 0.299 e. The number of nitrogens with one attached hydrogen (secondary N) is 1. The van der Waals surface area contributed by atoms with E-state index in [-0.39, 0.29) is 23.1 Å². The van der Waals surface area contributed by atoms with Crippen LogP contribution in [0.3, 0.4) is 0 Å². The Bertz CT molecular complexity index is 799. The molecule has 0 amide bonds. The molecule has 9 nitrogen and oxygen atoms in total. The summed E-state index contributed by atoms with van der Waals surface area (Å²) in [5.41, 5.74) is 2.42. The van der Waals surface area contributed by atoms with Gasteiger partial charge in [0.05, 0.1) is 27.6 Å². The van der Waals surface area contributed by atoms with Crippen LogP contribution in [-0.2, 0) is 7.05 Å². The summed E-state index contributed by atoms with van der Waals surface area (Å²) in [4.78, 5) is 20.8. The van der Waals surface area contributed by atoms with Crippen molar-refractivity contribution in [2.45, 2.75) is 33.2 Å². The number of hydrogen-bond donors (Lipinski definition) is 1. The van der Waals surface area contributed by atoms with E-state index in [4.69, 9.17) is 0 Å². The second-order valence-electron chi connectivity index (χ2n) is 5.53. The molecule has 0 spiro atoms. The maximum absolute atomic E-state index is 11.3. The minimum absolute atomic E-state index is 0.182. The molecule has 0 aliphatic rings. The van der Waals surface area contributed by atoms with Gasteiger partial charge in [-0.05, 0) is 26.3 Å². The standard InChI is InChI=1S/C15H19N5O4/c1-5-12(15-9(2)17-18(4)10(15)3)16-13-7-6-11(19(21)22)8-14(13)20(23)24/h6-8,12,16H,5H2,1-4H3. The van der Waals surface area contributed by atoms with Gasteiger partial charge < -0.3 is 5.32 Å². The molecule has 1 unspecified atom stereocenters. The molecule has 0 aliphatic heterocycles. The molecule has 0 radical (unpaired) electrons. The number of nitro groups is 2. The number of aromatic nitrogens is 2. The van der Waals surface area contributed by atoms with E-state index in [0.29, 0.717) is 6.42 Å². The lowest BCUT2D eigenvalue weighted by molar-refractivity contribution is -0.393. The number of rotatable bonds is 6. The summed E-state index contributed by atoms with van der Waals surface area (Å²) in [6, 6.07) is 3.42. The Balaban J connectivity index is 2.44. The normalized spacial score (nSPS) is 12.0. The first-order chi connectivity index (χ1) is 11.3. The number of anilines is 1. The van der Waals surface area contributed by atoms with Gasteiger partial charge in [-0.15, -0.1) is 0 Å². The first-order valence-electron chi connectivity index (χ1n) is 7.45. The monoisotopic (exact) mass is 333 g/mol.